The van der Waals surface area contributed by atoms with Gasteiger partial charge in [-0.15, -0.1) is 11.3 Å². The van der Waals surface area contributed by atoms with E-state index in [0.717, 1.165) is 19.3 Å². The van der Waals surface area contributed by atoms with Gasteiger partial charge in [0.1, 0.15) is 5.78 Å². The first kappa shape index (κ1) is 24.5. The van der Waals surface area contributed by atoms with Crippen LogP contribution in [-0.2, 0) is 9.59 Å². The van der Waals surface area contributed by atoms with Crippen LogP contribution in [0.1, 0.15) is 65.3 Å². The highest BCUT2D eigenvalue weighted by Gasteiger charge is 2.47. The second-order valence-corrected chi connectivity index (χ2v) is 11.3. The summed E-state index contributed by atoms with van der Waals surface area (Å²) in [4.78, 5) is 65.3. The summed E-state index contributed by atoms with van der Waals surface area (Å²) in [6.07, 6.45) is 2.83. The third kappa shape index (κ3) is 4.92. The number of thiophene rings is 1. The molecule has 10 heteroatoms. The van der Waals surface area contributed by atoms with E-state index in [4.69, 9.17) is 0 Å². The van der Waals surface area contributed by atoms with Crippen LogP contribution in [0.5, 0.6) is 0 Å². The molecule has 3 heterocycles. The van der Waals surface area contributed by atoms with E-state index in [1.54, 1.807) is 12.1 Å². The first-order valence-electron chi connectivity index (χ1n) is 11.9. The molecule has 0 radical (unpaired) electrons. The fraction of sp³-hybridized carbons (Fsp3) is 0.667. The van der Waals surface area contributed by atoms with Crippen LogP contribution in [0.4, 0.5) is 0 Å². The number of likely N-dealkylation sites (tertiary alicyclic amines) is 2. The smallest absolute Gasteiger partial charge is 0.263 e. The van der Waals surface area contributed by atoms with Gasteiger partial charge in [0.25, 0.3) is 5.91 Å². The highest BCUT2D eigenvalue weighted by Crippen LogP contribution is 2.42. The lowest BCUT2D eigenvalue weighted by atomic mass is 9.77. The molecule has 2 saturated heterocycles. The molecule has 1 aromatic rings. The number of hydrogen-bond donors (Lipinski definition) is 0. The van der Waals surface area contributed by atoms with Gasteiger partial charge < -0.3 is 9.80 Å². The zero-order chi connectivity index (χ0) is 24.6. The Hall–Kier alpha value is -2.62. The van der Waals surface area contributed by atoms with E-state index in [0.29, 0.717) is 42.4 Å². The molecule has 3 fully saturated rings. The van der Waals surface area contributed by atoms with Crippen LogP contribution in [-0.4, -0.2) is 70.8 Å². The Kier molecular flexibility index (Phi) is 6.89. The van der Waals surface area contributed by atoms with Crippen molar-refractivity contribution in [2.24, 2.45) is 23.2 Å². The van der Waals surface area contributed by atoms with E-state index in [2.05, 4.69) is 0 Å². The van der Waals surface area contributed by atoms with E-state index in [-0.39, 0.29) is 58.5 Å². The number of rotatable bonds is 6. The number of nitrogens with zero attached hydrogens (tertiary/aromatic N) is 3. The monoisotopic (exact) mass is 489 g/mol. The van der Waals surface area contributed by atoms with Gasteiger partial charge in [-0.1, -0.05) is 6.92 Å². The predicted molar refractivity (Wildman–Crippen MR) is 125 cm³/mol. The second kappa shape index (κ2) is 9.56. The normalized spacial score (nSPS) is 26.3. The highest BCUT2D eigenvalue weighted by atomic mass is 32.1. The van der Waals surface area contributed by atoms with Crippen LogP contribution in [0.3, 0.4) is 0 Å². The maximum absolute atomic E-state index is 13.0. The Balaban J connectivity index is 1.32. The fourth-order valence-electron chi connectivity index (χ4n) is 5.86. The molecular weight excluding hydrogens is 458 g/mol. The maximum atomic E-state index is 13.0. The molecule has 0 bridgehead atoms. The number of carbonyl (C=O) groups is 4. The summed E-state index contributed by atoms with van der Waals surface area (Å²) in [5.41, 5.74) is -0.0281. The number of piperidine rings is 1. The Labute approximate surface area is 202 Å². The van der Waals surface area contributed by atoms with Gasteiger partial charge in [0.05, 0.1) is 9.75 Å². The maximum Gasteiger partial charge on any atom is 0.263 e. The molecule has 2 amide bonds. The Morgan fingerprint density at radius 2 is 1.74 bits per heavy atom. The first-order chi connectivity index (χ1) is 16.1. The quantitative estimate of drug-likeness (QED) is 0.344. The SMILES string of the molecule is CC(=O)c1ccc(C(=O)N2CCC3(CCN(C(=O)C[C@H]4C(=O)C[C@@H](C)[C@@H]4C[N+](=O)[O-])C3)CC2)s1. The number of amides is 2. The van der Waals surface area contributed by atoms with Crippen molar-refractivity contribution >= 4 is 34.7 Å². The minimum Gasteiger partial charge on any atom is -0.342 e. The van der Waals surface area contributed by atoms with Gasteiger partial charge in [-0.25, -0.2) is 0 Å². The molecule has 4 rings (SSSR count). The number of ketones is 2. The first-order valence-corrected chi connectivity index (χ1v) is 12.7. The van der Waals surface area contributed by atoms with Crippen molar-refractivity contribution in [3.63, 3.8) is 0 Å². The van der Waals surface area contributed by atoms with Crippen LogP contribution in [0.25, 0.3) is 0 Å². The van der Waals surface area contributed by atoms with Gasteiger partial charge >= 0.3 is 0 Å². The zero-order valence-electron chi connectivity index (χ0n) is 19.7. The number of nitro groups is 1. The summed E-state index contributed by atoms with van der Waals surface area (Å²) in [7, 11) is 0. The van der Waals surface area contributed by atoms with Crippen molar-refractivity contribution in [1.82, 2.24) is 9.80 Å². The third-order valence-corrected chi connectivity index (χ3v) is 9.18. The topological polar surface area (TPSA) is 118 Å². The van der Waals surface area contributed by atoms with Crippen molar-refractivity contribution < 1.29 is 24.1 Å². The van der Waals surface area contributed by atoms with Crippen molar-refractivity contribution in [2.45, 2.75) is 46.0 Å². The standard InChI is InChI=1S/C24H31N3O6S/c1-15-11-19(29)17(18(15)13-27(32)33)12-22(30)26-10-7-24(14-26)5-8-25(9-6-24)23(31)21-4-3-20(34-21)16(2)28/h3-4,15,17-18H,5-14H2,1-2H3/t15-,17-,18+/m1/s1. The van der Waals surface area contributed by atoms with Crippen LogP contribution in [0, 0.1) is 33.3 Å². The fourth-order valence-corrected chi connectivity index (χ4v) is 6.72. The molecule has 3 aliphatic rings. The molecule has 34 heavy (non-hydrogen) atoms. The molecule has 1 saturated carbocycles. The van der Waals surface area contributed by atoms with Gasteiger partial charge in [-0.2, -0.15) is 0 Å². The second-order valence-electron chi connectivity index (χ2n) is 10.2. The Bertz CT molecular complexity index is 1010. The van der Waals surface area contributed by atoms with E-state index in [9.17, 15) is 29.3 Å². The minimum atomic E-state index is -0.561. The Morgan fingerprint density at radius 1 is 1.12 bits per heavy atom. The minimum absolute atomic E-state index is 0.0281. The molecule has 2 aliphatic heterocycles. The van der Waals surface area contributed by atoms with Gasteiger partial charge in [-0.3, -0.25) is 29.3 Å². The van der Waals surface area contributed by atoms with Gasteiger partial charge in [0, 0.05) is 55.8 Å². The summed E-state index contributed by atoms with van der Waals surface area (Å²) in [6, 6.07) is 3.40. The molecule has 1 aromatic heterocycles. The third-order valence-electron chi connectivity index (χ3n) is 8.00. The summed E-state index contributed by atoms with van der Waals surface area (Å²) >= 11 is 1.23. The Morgan fingerprint density at radius 3 is 2.32 bits per heavy atom. The van der Waals surface area contributed by atoms with Crippen molar-refractivity contribution in [1.29, 1.82) is 0 Å². The lowest BCUT2D eigenvalue weighted by Gasteiger charge is -2.39. The van der Waals surface area contributed by atoms with Gasteiger partial charge in [0.15, 0.2) is 5.78 Å². The summed E-state index contributed by atoms with van der Waals surface area (Å²) in [5, 5.41) is 11.1. The molecule has 0 N–H and O–H groups in total. The highest BCUT2D eigenvalue weighted by molar-refractivity contribution is 7.15. The molecule has 3 atom stereocenters. The average molecular weight is 490 g/mol. The van der Waals surface area contributed by atoms with E-state index in [1.165, 1.54) is 18.3 Å². The van der Waals surface area contributed by atoms with Crippen LogP contribution < -0.4 is 0 Å². The van der Waals surface area contributed by atoms with Crippen LogP contribution in [0.15, 0.2) is 12.1 Å². The predicted octanol–water partition coefficient (Wildman–Crippen LogP) is 2.91. The number of carbonyl (C=O) groups excluding carboxylic acids is 4. The summed E-state index contributed by atoms with van der Waals surface area (Å²) in [5.74, 6) is -1.23. The van der Waals surface area contributed by atoms with Gasteiger partial charge in [0.2, 0.25) is 12.5 Å². The van der Waals surface area contributed by atoms with E-state index in [1.807, 2.05) is 16.7 Å². The average Bonchev–Trinajstić information content (AvgIpc) is 3.49. The molecule has 9 nitrogen and oxygen atoms in total. The molecule has 1 aliphatic carbocycles. The van der Waals surface area contributed by atoms with Crippen molar-refractivity contribution in [2.75, 3.05) is 32.7 Å². The number of hydrogen-bond acceptors (Lipinski definition) is 7. The van der Waals surface area contributed by atoms with Crippen LogP contribution in [0.2, 0.25) is 0 Å². The summed E-state index contributed by atoms with van der Waals surface area (Å²) < 4.78 is 0. The number of Topliss-reactive ketones (excluding diaryl/α,β-unsaturated/α-hetero) is 2. The van der Waals surface area contributed by atoms with Gasteiger partial charge in [-0.05, 0) is 49.7 Å². The van der Waals surface area contributed by atoms with Crippen molar-refractivity contribution in [3.8, 4) is 0 Å². The lowest BCUT2D eigenvalue weighted by Crippen LogP contribution is -2.44. The molecular formula is C24H31N3O6S. The largest absolute Gasteiger partial charge is 0.342 e. The molecule has 0 aromatic carbocycles. The zero-order valence-corrected chi connectivity index (χ0v) is 20.5. The molecule has 184 valence electrons. The van der Waals surface area contributed by atoms with Crippen molar-refractivity contribution in [3.05, 3.63) is 32.0 Å². The lowest BCUT2D eigenvalue weighted by molar-refractivity contribution is -0.490. The van der Waals surface area contributed by atoms with Crippen LogP contribution >= 0.6 is 11.3 Å². The van der Waals surface area contributed by atoms with E-state index < -0.39 is 5.92 Å². The summed E-state index contributed by atoms with van der Waals surface area (Å²) in [6.45, 7) is 5.52. The molecule has 0 unspecified atom stereocenters. The van der Waals surface area contributed by atoms with E-state index >= 15 is 0 Å². The molecule has 1 spiro atoms.